The highest BCUT2D eigenvalue weighted by atomic mass is 16.7. The van der Waals surface area contributed by atoms with Crippen LogP contribution in [0.3, 0.4) is 0 Å². The maximum Gasteiger partial charge on any atom is 0.494 e. The molecule has 0 atom stereocenters. The number of benzene rings is 2. The third kappa shape index (κ3) is 4.80. The molecular formula is C28H36BNO4. The second kappa shape index (κ2) is 9.24. The Labute approximate surface area is 203 Å². The molecule has 0 amide bonds. The number of aromatic nitrogens is 1. The first-order valence-corrected chi connectivity index (χ1v) is 12.2. The molecule has 0 saturated carbocycles. The van der Waals surface area contributed by atoms with Gasteiger partial charge in [0.1, 0.15) is 0 Å². The topological polar surface area (TPSA) is 49.7 Å². The molecule has 0 bridgehead atoms. The lowest BCUT2D eigenvalue weighted by Gasteiger charge is -2.32. The van der Waals surface area contributed by atoms with Crippen molar-refractivity contribution < 1.29 is 18.8 Å². The smallest absolute Gasteiger partial charge is 0.466 e. The van der Waals surface area contributed by atoms with Gasteiger partial charge in [0.2, 0.25) is 0 Å². The number of fused-ring (bicyclic) bond motifs is 1. The molecule has 34 heavy (non-hydrogen) atoms. The van der Waals surface area contributed by atoms with E-state index in [0.717, 1.165) is 21.9 Å². The number of nitrogens with zero attached hydrogens (tertiary/aromatic N) is 1. The normalized spacial score (nSPS) is 17.0. The average molecular weight is 461 g/mol. The molecule has 4 rings (SSSR count). The summed E-state index contributed by atoms with van der Waals surface area (Å²) >= 11 is 0. The standard InChI is InChI=1S/C28H36BNO4/c1-8-32-26(31)15-22-18-30(17-20-9-11-21(12-10-20)19(2)3)25-16-23(13-14-24(22)25)29-33-27(4,5)28(6,7)34-29/h9-14,16,18-19H,8,15,17H2,1-7H3. The molecule has 0 N–H and O–H groups in total. The predicted molar refractivity (Wildman–Crippen MR) is 138 cm³/mol. The fourth-order valence-electron chi connectivity index (χ4n) is 4.35. The minimum absolute atomic E-state index is 0.210. The second-order valence-corrected chi connectivity index (χ2v) is 10.5. The Bertz CT molecular complexity index is 1160. The SMILES string of the molecule is CCOC(=O)Cc1cn(Cc2ccc(C(C)C)cc2)c2cc(B3OC(C)(C)C(C)(C)O3)ccc12. The summed E-state index contributed by atoms with van der Waals surface area (Å²) in [6.45, 7) is 15.6. The van der Waals surface area contributed by atoms with E-state index in [1.54, 1.807) is 0 Å². The summed E-state index contributed by atoms with van der Waals surface area (Å²) in [5.41, 5.74) is 4.73. The van der Waals surface area contributed by atoms with Gasteiger partial charge in [-0.1, -0.05) is 50.2 Å². The first kappa shape index (κ1) is 24.6. The molecule has 6 heteroatoms. The minimum Gasteiger partial charge on any atom is -0.466 e. The number of carbonyl (C=O) groups is 1. The van der Waals surface area contributed by atoms with Gasteiger partial charge in [-0.25, -0.2) is 0 Å². The molecule has 1 saturated heterocycles. The number of ether oxygens (including phenoxy) is 1. The van der Waals surface area contributed by atoms with Crippen molar-refractivity contribution >= 4 is 29.5 Å². The van der Waals surface area contributed by atoms with Crippen molar-refractivity contribution in [3.05, 3.63) is 65.4 Å². The van der Waals surface area contributed by atoms with Gasteiger partial charge in [0, 0.05) is 23.6 Å². The molecule has 3 aromatic rings. The van der Waals surface area contributed by atoms with Crippen LogP contribution in [0, 0.1) is 0 Å². The van der Waals surface area contributed by atoms with E-state index < -0.39 is 18.3 Å². The van der Waals surface area contributed by atoms with E-state index in [1.165, 1.54) is 11.1 Å². The maximum absolute atomic E-state index is 12.3. The molecule has 1 aromatic heterocycles. The van der Waals surface area contributed by atoms with Crippen molar-refractivity contribution in [3.8, 4) is 0 Å². The Hall–Kier alpha value is -2.57. The van der Waals surface area contributed by atoms with Crippen LogP contribution >= 0.6 is 0 Å². The zero-order valence-corrected chi connectivity index (χ0v) is 21.5. The van der Waals surface area contributed by atoms with Crippen LogP contribution in [0.2, 0.25) is 0 Å². The van der Waals surface area contributed by atoms with Gasteiger partial charge >= 0.3 is 13.1 Å². The first-order valence-electron chi connectivity index (χ1n) is 12.2. The first-order chi connectivity index (χ1) is 16.0. The van der Waals surface area contributed by atoms with Crippen LogP contribution in [0.5, 0.6) is 0 Å². The number of carbonyl (C=O) groups excluding carboxylic acids is 1. The number of esters is 1. The Morgan fingerprint density at radius 2 is 1.68 bits per heavy atom. The molecule has 2 heterocycles. The summed E-state index contributed by atoms with van der Waals surface area (Å²) in [4.78, 5) is 12.3. The minimum atomic E-state index is -0.434. The van der Waals surface area contributed by atoms with E-state index in [9.17, 15) is 4.79 Å². The van der Waals surface area contributed by atoms with E-state index in [4.69, 9.17) is 14.0 Å². The van der Waals surface area contributed by atoms with Crippen molar-refractivity contribution in [2.45, 2.75) is 78.6 Å². The summed E-state index contributed by atoms with van der Waals surface area (Å²) in [5, 5.41) is 1.05. The Kier molecular flexibility index (Phi) is 6.67. The second-order valence-electron chi connectivity index (χ2n) is 10.5. The lowest BCUT2D eigenvalue weighted by Crippen LogP contribution is -2.41. The third-order valence-electron chi connectivity index (χ3n) is 7.15. The van der Waals surface area contributed by atoms with Gasteiger partial charge < -0.3 is 18.6 Å². The molecule has 1 fully saturated rings. The summed E-state index contributed by atoms with van der Waals surface area (Å²) in [5.74, 6) is 0.290. The Morgan fingerprint density at radius 1 is 1.03 bits per heavy atom. The highest BCUT2D eigenvalue weighted by molar-refractivity contribution is 6.62. The van der Waals surface area contributed by atoms with Crippen LogP contribution < -0.4 is 5.46 Å². The Balaban J connectivity index is 1.71. The maximum atomic E-state index is 12.3. The Morgan fingerprint density at radius 3 is 2.26 bits per heavy atom. The highest BCUT2D eigenvalue weighted by Gasteiger charge is 2.51. The molecule has 2 aromatic carbocycles. The molecule has 180 valence electrons. The quantitative estimate of drug-likeness (QED) is 0.358. The van der Waals surface area contributed by atoms with E-state index in [1.807, 2.05) is 13.0 Å². The van der Waals surface area contributed by atoms with Crippen LogP contribution in [0.15, 0.2) is 48.7 Å². The highest BCUT2D eigenvalue weighted by Crippen LogP contribution is 2.37. The van der Waals surface area contributed by atoms with E-state index >= 15 is 0 Å². The van der Waals surface area contributed by atoms with Gasteiger partial charge in [-0.15, -0.1) is 0 Å². The lowest BCUT2D eigenvalue weighted by atomic mass is 9.78. The van der Waals surface area contributed by atoms with Gasteiger partial charge in [0.15, 0.2) is 0 Å². The molecule has 0 spiro atoms. The fourth-order valence-corrected chi connectivity index (χ4v) is 4.35. The van der Waals surface area contributed by atoms with Crippen molar-refractivity contribution in [2.75, 3.05) is 6.61 Å². The van der Waals surface area contributed by atoms with Crippen molar-refractivity contribution in [3.63, 3.8) is 0 Å². The molecule has 0 aliphatic carbocycles. The summed E-state index contributed by atoms with van der Waals surface area (Å²) < 4.78 is 20.0. The number of hydrogen-bond donors (Lipinski definition) is 0. The largest absolute Gasteiger partial charge is 0.494 e. The molecule has 1 aliphatic heterocycles. The van der Waals surface area contributed by atoms with Gasteiger partial charge in [-0.3, -0.25) is 4.79 Å². The molecule has 5 nitrogen and oxygen atoms in total. The van der Waals surface area contributed by atoms with Gasteiger partial charge in [0.05, 0.1) is 24.2 Å². The zero-order valence-electron chi connectivity index (χ0n) is 21.5. The molecule has 0 radical (unpaired) electrons. The van der Waals surface area contributed by atoms with Gasteiger partial charge in [-0.2, -0.15) is 0 Å². The number of hydrogen-bond acceptors (Lipinski definition) is 4. The van der Waals surface area contributed by atoms with Gasteiger partial charge in [-0.05, 0) is 68.8 Å². The molecule has 0 unspecified atom stereocenters. The van der Waals surface area contributed by atoms with E-state index in [2.05, 4.69) is 88.7 Å². The predicted octanol–water partition coefficient (Wildman–Crippen LogP) is 5.22. The van der Waals surface area contributed by atoms with Gasteiger partial charge in [0.25, 0.3) is 0 Å². The molecular weight excluding hydrogens is 425 g/mol. The van der Waals surface area contributed by atoms with Crippen molar-refractivity contribution in [1.29, 1.82) is 0 Å². The van der Waals surface area contributed by atoms with Crippen molar-refractivity contribution in [1.82, 2.24) is 4.57 Å². The summed E-state index contributed by atoms with van der Waals surface area (Å²) in [7, 11) is -0.434. The van der Waals surface area contributed by atoms with Crippen LogP contribution in [0.4, 0.5) is 0 Å². The summed E-state index contributed by atoms with van der Waals surface area (Å²) in [6, 6.07) is 15.0. The monoisotopic (exact) mass is 461 g/mol. The zero-order chi connectivity index (χ0) is 24.7. The van der Waals surface area contributed by atoms with Crippen LogP contribution in [0.25, 0.3) is 10.9 Å². The van der Waals surface area contributed by atoms with Crippen LogP contribution in [0.1, 0.15) is 71.1 Å². The van der Waals surface area contributed by atoms with Crippen molar-refractivity contribution in [2.24, 2.45) is 0 Å². The van der Waals surface area contributed by atoms with E-state index in [-0.39, 0.29) is 12.4 Å². The fraction of sp³-hybridized carbons (Fsp3) is 0.464. The average Bonchev–Trinajstić information content (AvgIpc) is 3.20. The van der Waals surface area contributed by atoms with Crippen LogP contribution in [-0.2, 0) is 31.8 Å². The van der Waals surface area contributed by atoms with Crippen LogP contribution in [-0.4, -0.2) is 35.5 Å². The summed E-state index contributed by atoms with van der Waals surface area (Å²) in [6.07, 6.45) is 2.32. The lowest BCUT2D eigenvalue weighted by molar-refractivity contribution is -0.142. The third-order valence-corrected chi connectivity index (χ3v) is 7.15. The number of rotatable bonds is 7. The molecule has 1 aliphatic rings. The van der Waals surface area contributed by atoms with E-state index in [0.29, 0.717) is 19.1 Å².